The molecule has 0 saturated carbocycles. The number of amides is 1. The fourth-order valence-corrected chi connectivity index (χ4v) is 2.99. The van der Waals surface area contributed by atoms with Crippen molar-refractivity contribution in [2.24, 2.45) is 0 Å². The molecule has 7 nitrogen and oxygen atoms in total. The predicted molar refractivity (Wildman–Crippen MR) is 101 cm³/mol. The highest BCUT2D eigenvalue weighted by Gasteiger charge is 2.20. The van der Waals surface area contributed by atoms with Crippen LogP contribution in [0.3, 0.4) is 0 Å². The van der Waals surface area contributed by atoms with Crippen LogP contribution in [0.15, 0.2) is 24.3 Å². The summed E-state index contributed by atoms with van der Waals surface area (Å²) in [4.78, 5) is 14.1. The minimum absolute atomic E-state index is 0.240. The molecule has 0 heterocycles. The molecule has 0 spiro atoms. The second kappa shape index (κ2) is 10.2. The van der Waals surface area contributed by atoms with E-state index in [4.69, 9.17) is 4.74 Å². The van der Waals surface area contributed by atoms with Gasteiger partial charge in [0.2, 0.25) is 15.9 Å². The Hall–Kier alpha value is -1.80. The van der Waals surface area contributed by atoms with Gasteiger partial charge in [-0.05, 0) is 57.7 Å². The number of nitrogens with one attached hydrogen (secondary N) is 1. The van der Waals surface area contributed by atoms with Crippen LogP contribution in [0, 0.1) is 0 Å². The summed E-state index contributed by atoms with van der Waals surface area (Å²) in [5.74, 6) is 0.350. The van der Waals surface area contributed by atoms with E-state index in [1.807, 2.05) is 25.9 Å². The SMILES string of the molecule is CCCOc1ccc(N(CC(=O)NCCCN(C)C)S(C)(=O)=O)cc1. The van der Waals surface area contributed by atoms with Gasteiger partial charge < -0.3 is 15.0 Å². The molecule has 142 valence electrons. The number of carbonyl (C=O) groups is 1. The van der Waals surface area contributed by atoms with E-state index >= 15 is 0 Å². The monoisotopic (exact) mass is 371 g/mol. The molecule has 0 aliphatic heterocycles. The van der Waals surface area contributed by atoms with Gasteiger partial charge in [-0.1, -0.05) is 6.92 Å². The molecule has 1 aromatic rings. The Labute approximate surface area is 151 Å². The number of nitrogens with zero attached hydrogens (tertiary/aromatic N) is 2. The van der Waals surface area contributed by atoms with Crippen molar-refractivity contribution in [1.29, 1.82) is 0 Å². The number of benzene rings is 1. The molecule has 8 heteroatoms. The highest BCUT2D eigenvalue weighted by atomic mass is 32.2. The Morgan fingerprint density at radius 1 is 1.20 bits per heavy atom. The number of hydrogen-bond acceptors (Lipinski definition) is 5. The molecule has 25 heavy (non-hydrogen) atoms. The third-order valence-electron chi connectivity index (χ3n) is 3.39. The summed E-state index contributed by atoms with van der Waals surface area (Å²) in [5.41, 5.74) is 0.440. The largest absolute Gasteiger partial charge is 0.494 e. The molecule has 1 N–H and O–H groups in total. The lowest BCUT2D eigenvalue weighted by Gasteiger charge is -2.22. The number of ether oxygens (including phenoxy) is 1. The number of carbonyl (C=O) groups excluding carboxylic acids is 1. The second-order valence-electron chi connectivity index (χ2n) is 6.12. The lowest BCUT2D eigenvalue weighted by molar-refractivity contribution is -0.119. The molecule has 0 unspecified atom stereocenters. The van der Waals surface area contributed by atoms with E-state index in [1.54, 1.807) is 24.3 Å². The summed E-state index contributed by atoms with van der Waals surface area (Å²) in [5, 5.41) is 2.75. The van der Waals surface area contributed by atoms with Gasteiger partial charge in [-0.3, -0.25) is 9.10 Å². The van der Waals surface area contributed by atoms with E-state index in [2.05, 4.69) is 5.32 Å². The topological polar surface area (TPSA) is 79.0 Å². The molecule has 0 saturated heterocycles. The Balaban J connectivity index is 2.70. The summed E-state index contributed by atoms with van der Waals surface area (Å²) in [6, 6.07) is 6.70. The maximum atomic E-state index is 12.1. The molecule has 0 bridgehead atoms. The van der Waals surface area contributed by atoms with Gasteiger partial charge in [0.15, 0.2) is 0 Å². The van der Waals surface area contributed by atoms with Gasteiger partial charge in [-0.15, -0.1) is 0 Å². The first-order valence-electron chi connectivity index (χ1n) is 8.36. The smallest absolute Gasteiger partial charge is 0.240 e. The van der Waals surface area contributed by atoms with E-state index in [9.17, 15) is 13.2 Å². The maximum absolute atomic E-state index is 12.1. The van der Waals surface area contributed by atoms with Crippen LogP contribution in [-0.4, -0.2) is 65.8 Å². The lowest BCUT2D eigenvalue weighted by atomic mass is 10.3. The van der Waals surface area contributed by atoms with Gasteiger partial charge in [0.05, 0.1) is 18.6 Å². The molecule has 1 amide bonds. The van der Waals surface area contributed by atoms with Crippen molar-refractivity contribution in [1.82, 2.24) is 10.2 Å². The van der Waals surface area contributed by atoms with E-state index in [-0.39, 0.29) is 12.5 Å². The van der Waals surface area contributed by atoms with E-state index in [1.165, 1.54) is 0 Å². The summed E-state index contributed by atoms with van der Waals surface area (Å²) in [7, 11) is 0.355. The average molecular weight is 372 g/mol. The van der Waals surface area contributed by atoms with Crippen LogP contribution >= 0.6 is 0 Å². The number of sulfonamides is 1. The van der Waals surface area contributed by atoms with Gasteiger partial charge >= 0.3 is 0 Å². The Morgan fingerprint density at radius 3 is 2.36 bits per heavy atom. The molecule has 0 aliphatic carbocycles. The first kappa shape index (κ1) is 21.2. The van der Waals surface area contributed by atoms with Gasteiger partial charge in [-0.2, -0.15) is 0 Å². The Morgan fingerprint density at radius 2 is 1.84 bits per heavy atom. The van der Waals surface area contributed by atoms with E-state index in [0.29, 0.717) is 24.6 Å². The van der Waals surface area contributed by atoms with Crippen molar-refractivity contribution in [2.45, 2.75) is 19.8 Å². The van der Waals surface area contributed by atoms with E-state index in [0.717, 1.165) is 29.9 Å². The van der Waals surface area contributed by atoms with Crippen LogP contribution in [0.2, 0.25) is 0 Å². The molecule has 0 atom stereocenters. The average Bonchev–Trinajstić information content (AvgIpc) is 2.54. The fourth-order valence-electron chi connectivity index (χ4n) is 2.14. The van der Waals surface area contributed by atoms with Gasteiger partial charge in [0, 0.05) is 6.54 Å². The Bertz CT molecular complexity index is 630. The summed E-state index contributed by atoms with van der Waals surface area (Å²) < 4.78 is 30.7. The van der Waals surface area contributed by atoms with Crippen molar-refractivity contribution in [3.05, 3.63) is 24.3 Å². The Kier molecular flexibility index (Phi) is 8.71. The van der Waals surface area contributed by atoms with E-state index < -0.39 is 10.0 Å². The van der Waals surface area contributed by atoms with Crippen molar-refractivity contribution in [3.8, 4) is 5.75 Å². The summed E-state index contributed by atoms with van der Waals surface area (Å²) in [6.07, 6.45) is 2.79. The minimum atomic E-state index is -3.56. The number of rotatable bonds is 11. The fraction of sp³-hybridized carbons (Fsp3) is 0.588. The standard InChI is InChI=1S/C17H29N3O4S/c1-5-13-24-16-9-7-15(8-10-16)20(25(4,22)23)14-17(21)18-11-6-12-19(2)3/h7-10H,5-6,11-14H2,1-4H3,(H,18,21). The van der Waals surface area contributed by atoms with Crippen molar-refractivity contribution in [2.75, 3.05) is 50.9 Å². The zero-order valence-electron chi connectivity index (χ0n) is 15.5. The van der Waals surface area contributed by atoms with Gasteiger partial charge in [0.25, 0.3) is 0 Å². The zero-order chi connectivity index (χ0) is 18.9. The van der Waals surface area contributed by atoms with Crippen LogP contribution < -0.4 is 14.4 Å². The van der Waals surface area contributed by atoms with Gasteiger partial charge in [-0.25, -0.2) is 8.42 Å². The number of anilines is 1. The second-order valence-corrected chi connectivity index (χ2v) is 8.03. The van der Waals surface area contributed by atoms with Crippen molar-refractivity contribution in [3.63, 3.8) is 0 Å². The van der Waals surface area contributed by atoms with Crippen LogP contribution in [0.5, 0.6) is 5.75 Å². The summed E-state index contributed by atoms with van der Waals surface area (Å²) in [6.45, 7) is 3.74. The third-order valence-corrected chi connectivity index (χ3v) is 4.53. The highest BCUT2D eigenvalue weighted by molar-refractivity contribution is 7.92. The van der Waals surface area contributed by atoms with Crippen LogP contribution in [-0.2, 0) is 14.8 Å². The molecule has 0 fully saturated rings. The van der Waals surface area contributed by atoms with Crippen LogP contribution in [0.4, 0.5) is 5.69 Å². The third kappa shape index (κ3) is 8.22. The van der Waals surface area contributed by atoms with Crippen molar-refractivity contribution < 1.29 is 17.9 Å². The van der Waals surface area contributed by atoms with Gasteiger partial charge in [0.1, 0.15) is 12.3 Å². The molecule has 1 aromatic carbocycles. The van der Waals surface area contributed by atoms with Crippen molar-refractivity contribution >= 4 is 21.6 Å². The lowest BCUT2D eigenvalue weighted by Crippen LogP contribution is -2.41. The predicted octanol–water partition coefficient (Wildman–Crippen LogP) is 1.31. The normalized spacial score (nSPS) is 11.4. The summed E-state index contributed by atoms with van der Waals surface area (Å²) >= 11 is 0. The first-order chi connectivity index (χ1) is 11.7. The first-order valence-corrected chi connectivity index (χ1v) is 10.2. The minimum Gasteiger partial charge on any atom is -0.494 e. The maximum Gasteiger partial charge on any atom is 0.240 e. The molecule has 0 aromatic heterocycles. The molecular formula is C17H29N3O4S. The quantitative estimate of drug-likeness (QED) is 0.594. The van der Waals surface area contributed by atoms with Crippen LogP contribution in [0.25, 0.3) is 0 Å². The molecule has 1 rings (SSSR count). The molecule has 0 aliphatic rings. The zero-order valence-corrected chi connectivity index (χ0v) is 16.3. The highest BCUT2D eigenvalue weighted by Crippen LogP contribution is 2.21. The molecular weight excluding hydrogens is 342 g/mol. The molecule has 0 radical (unpaired) electrons. The van der Waals surface area contributed by atoms with Crippen LogP contribution in [0.1, 0.15) is 19.8 Å². The number of hydrogen-bond donors (Lipinski definition) is 1.